The van der Waals surface area contributed by atoms with Crippen LogP contribution in [0.25, 0.3) is 10.9 Å². The van der Waals surface area contributed by atoms with Crippen molar-refractivity contribution < 1.29 is 24.3 Å². The van der Waals surface area contributed by atoms with Crippen LogP contribution in [0.1, 0.15) is 25.1 Å². The number of nitrogens with two attached hydrogens (primary N) is 1. The summed E-state index contributed by atoms with van der Waals surface area (Å²) in [6.07, 6.45) is 4.79. The third-order valence-electron chi connectivity index (χ3n) is 6.11. The normalized spacial score (nSPS) is 14.4. The molecule has 0 fully saturated rings. The molecule has 0 bridgehead atoms. The molecule has 2 aromatic heterocycles. The maximum absolute atomic E-state index is 13.2. The minimum absolute atomic E-state index is 0.0456. The summed E-state index contributed by atoms with van der Waals surface area (Å²) in [6, 6.07) is 3.17. The van der Waals surface area contributed by atoms with Crippen LogP contribution in [-0.4, -0.2) is 73.7 Å². The highest BCUT2D eigenvalue weighted by molar-refractivity contribution is 7.80. The number of H-pyrrole nitrogens is 2. The highest BCUT2D eigenvalue weighted by atomic mass is 32.1. The third-order valence-corrected chi connectivity index (χ3v) is 6.50. The summed E-state index contributed by atoms with van der Waals surface area (Å²) in [6.45, 7) is 3.44. The van der Waals surface area contributed by atoms with Crippen LogP contribution in [-0.2, 0) is 32.0 Å². The molecule has 0 saturated heterocycles. The van der Waals surface area contributed by atoms with Gasteiger partial charge < -0.3 is 36.8 Å². The Morgan fingerprint density at radius 3 is 2.34 bits per heavy atom. The van der Waals surface area contributed by atoms with Crippen molar-refractivity contribution in [1.29, 1.82) is 0 Å². The van der Waals surface area contributed by atoms with Crippen molar-refractivity contribution in [2.24, 2.45) is 11.7 Å². The first kappa shape index (κ1) is 28.7. The first-order chi connectivity index (χ1) is 18.1. The van der Waals surface area contributed by atoms with Crippen LogP contribution in [0, 0.1) is 5.92 Å². The number of benzene rings is 1. The fourth-order valence-corrected chi connectivity index (χ4v) is 4.12. The van der Waals surface area contributed by atoms with Crippen molar-refractivity contribution in [2.75, 3.05) is 5.75 Å². The van der Waals surface area contributed by atoms with E-state index in [0.717, 1.165) is 16.5 Å². The molecule has 0 aliphatic carbocycles. The summed E-state index contributed by atoms with van der Waals surface area (Å²) in [5, 5.41) is 18.5. The molecule has 38 heavy (non-hydrogen) atoms. The SMILES string of the molecule is CC(C)C(NC(=O)C(Cc1cnc[nH]1)NC(=O)C(N)CS)C(=O)NC(Cc1c[nH]c2ccccc12)C(=O)O. The maximum Gasteiger partial charge on any atom is 0.326 e. The molecule has 3 aromatic rings. The van der Waals surface area contributed by atoms with Crippen LogP contribution >= 0.6 is 12.6 Å². The topological polar surface area (TPSA) is 195 Å². The number of hydrogen-bond acceptors (Lipinski definition) is 7. The minimum Gasteiger partial charge on any atom is -0.480 e. The molecule has 0 saturated carbocycles. The largest absolute Gasteiger partial charge is 0.480 e. The Morgan fingerprint density at radius 1 is 1.00 bits per heavy atom. The van der Waals surface area contributed by atoms with Gasteiger partial charge in [0.15, 0.2) is 0 Å². The summed E-state index contributed by atoms with van der Waals surface area (Å²) in [5.74, 6) is -3.37. The summed E-state index contributed by atoms with van der Waals surface area (Å²) in [5.41, 5.74) is 7.92. The lowest BCUT2D eigenvalue weighted by molar-refractivity contribution is -0.142. The number of carbonyl (C=O) groups excluding carboxylic acids is 3. The van der Waals surface area contributed by atoms with Gasteiger partial charge in [-0.1, -0.05) is 32.0 Å². The number of nitrogens with one attached hydrogen (secondary N) is 5. The van der Waals surface area contributed by atoms with E-state index in [4.69, 9.17) is 5.73 Å². The Labute approximate surface area is 225 Å². The zero-order valence-electron chi connectivity index (χ0n) is 21.1. The summed E-state index contributed by atoms with van der Waals surface area (Å²) < 4.78 is 0. The number of para-hydroxylation sites is 1. The molecule has 3 rings (SSSR count). The van der Waals surface area contributed by atoms with Crippen LogP contribution in [0.3, 0.4) is 0 Å². The Morgan fingerprint density at radius 2 is 1.71 bits per heavy atom. The molecule has 0 spiro atoms. The van der Waals surface area contributed by atoms with Gasteiger partial charge in [-0.05, 0) is 17.5 Å². The van der Waals surface area contributed by atoms with Crippen LogP contribution < -0.4 is 21.7 Å². The molecule has 0 aliphatic heterocycles. The molecule has 13 heteroatoms. The molecular formula is C25H33N7O5S. The lowest BCUT2D eigenvalue weighted by Crippen LogP contribution is -2.59. The van der Waals surface area contributed by atoms with Gasteiger partial charge in [-0.3, -0.25) is 14.4 Å². The molecule has 0 aliphatic rings. The van der Waals surface area contributed by atoms with Gasteiger partial charge in [0.2, 0.25) is 17.7 Å². The Hall–Kier alpha value is -3.84. The number of aliphatic carboxylic acids is 1. The first-order valence-electron chi connectivity index (χ1n) is 12.1. The molecule has 4 unspecified atom stereocenters. The maximum atomic E-state index is 13.2. The van der Waals surface area contributed by atoms with E-state index in [1.165, 1.54) is 12.5 Å². The second kappa shape index (κ2) is 13.1. The van der Waals surface area contributed by atoms with E-state index in [9.17, 15) is 24.3 Å². The molecule has 3 amide bonds. The van der Waals surface area contributed by atoms with Crippen molar-refractivity contribution in [3.8, 4) is 0 Å². The molecule has 0 radical (unpaired) electrons. The molecular weight excluding hydrogens is 510 g/mol. The number of carbonyl (C=O) groups is 4. The van der Waals surface area contributed by atoms with Gasteiger partial charge in [0.1, 0.15) is 18.1 Å². The number of hydrogen-bond donors (Lipinski definition) is 8. The summed E-state index contributed by atoms with van der Waals surface area (Å²) in [4.78, 5) is 60.8. The number of imidazole rings is 1. The van der Waals surface area contributed by atoms with Gasteiger partial charge in [-0.15, -0.1) is 0 Å². The zero-order chi connectivity index (χ0) is 27.8. The summed E-state index contributed by atoms with van der Waals surface area (Å²) >= 11 is 4.02. The van der Waals surface area contributed by atoms with Crippen LogP contribution in [0.5, 0.6) is 0 Å². The molecule has 12 nitrogen and oxygen atoms in total. The molecule has 1 aromatic carbocycles. The predicted molar refractivity (Wildman–Crippen MR) is 144 cm³/mol. The lowest BCUT2D eigenvalue weighted by Gasteiger charge is -2.27. The highest BCUT2D eigenvalue weighted by Crippen LogP contribution is 2.19. The lowest BCUT2D eigenvalue weighted by atomic mass is 10.00. The van der Waals surface area contributed by atoms with Gasteiger partial charge in [-0.2, -0.15) is 12.6 Å². The summed E-state index contributed by atoms with van der Waals surface area (Å²) in [7, 11) is 0. The number of aromatic nitrogens is 3. The Bertz CT molecular complexity index is 1260. The van der Waals surface area contributed by atoms with Gasteiger partial charge in [0, 0.05) is 47.6 Å². The molecule has 2 heterocycles. The van der Waals surface area contributed by atoms with E-state index in [-0.39, 0.29) is 24.5 Å². The smallest absolute Gasteiger partial charge is 0.326 e. The number of aromatic amines is 2. The van der Waals surface area contributed by atoms with Crippen LogP contribution in [0.4, 0.5) is 0 Å². The highest BCUT2D eigenvalue weighted by Gasteiger charge is 2.32. The minimum atomic E-state index is -1.23. The number of nitrogens with zero attached hydrogens (tertiary/aromatic N) is 1. The second-order valence-corrected chi connectivity index (χ2v) is 9.69. The fourth-order valence-electron chi connectivity index (χ4n) is 3.96. The standard InChI is InChI=1S/C25H33N7O5S/c1-13(2)21(32-23(34)19(8-15-10-27-12-29-15)30-22(33)17(26)11-38)24(35)31-20(25(36)37)7-14-9-28-18-6-4-3-5-16(14)18/h3-6,9-10,12-13,17,19-21,28,38H,7-8,11,26H2,1-2H3,(H,27,29)(H,30,33)(H,31,35)(H,32,34)(H,36,37). The zero-order valence-corrected chi connectivity index (χ0v) is 22.0. The van der Waals surface area contributed by atoms with Gasteiger partial charge in [0.25, 0.3) is 0 Å². The average molecular weight is 544 g/mol. The van der Waals surface area contributed by atoms with E-state index in [1.54, 1.807) is 20.0 Å². The second-order valence-electron chi connectivity index (χ2n) is 9.32. The van der Waals surface area contributed by atoms with Gasteiger partial charge in [-0.25, -0.2) is 9.78 Å². The monoisotopic (exact) mass is 543 g/mol. The van der Waals surface area contributed by atoms with E-state index in [0.29, 0.717) is 5.69 Å². The predicted octanol–water partition coefficient (Wildman–Crippen LogP) is 0.128. The molecule has 8 N–H and O–H groups in total. The van der Waals surface area contributed by atoms with E-state index in [2.05, 4.69) is 43.5 Å². The molecule has 204 valence electrons. The van der Waals surface area contributed by atoms with Crippen molar-refractivity contribution in [2.45, 2.75) is 50.9 Å². The number of fused-ring (bicyclic) bond motifs is 1. The first-order valence-corrected chi connectivity index (χ1v) is 12.8. The number of amides is 3. The quantitative estimate of drug-likeness (QED) is 0.140. The Balaban J connectivity index is 1.74. The van der Waals surface area contributed by atoms with Crippen molar-refractivity contribution in [3.63, 3.8) is 0 Å². The van der Waals surface area contributed by atoms with E-state index < -0.39 is 47.9 Å². The Kier molecular flexibility index (Phi) is 9.91. The van der Waals surface area contributed by atoms with Crippen molar-refractivity contribution in [1.82, 2.24) is 30.9 Å². The number of thiol groups is 1. The average Bonchev–Trinajstić information content (AvgIpc) is 3.55. The fraction of sp³-hybridized carbons (Fsp3) is 0.400. The van der Waals surface area contributed by atoms with Gasteiger partial charge >= 0.3 is 5.97 Å². The van der Waals surface area contributed by atoms with E-state index in [1.807, 2.05) is 24.3 Å². The van der Waals surface area contributed by atoms with Crippen LogP contribution in [0.2, 0.25) is 0 Å². The van der Waals surface area contributed by atoms with Crippen LogP contribution in [0.15, 0.2) is 43.0 Å². The van der Waals surface area contributed by atoms with Gasteiger partial charge in [0.05, 0.1) is 12.4 Å². The van der Waals surface area contributed by atoms with Crippen molar-refractivity contribution in [3.05, 3.63) is 54.2 Å². The number of rotatable bonds is 13. The van der Waals surface area contributed by atoms with E-state index >= 15 is 0 Å². The van der Waals surface area contributed by atoms with Crippen molar-refractivity contribution >= 4 is 47.2 Å². The number of carboxylic acid groups (broad SMARTS) is 1. The third kappa shape index (κ3) is 7.35. The number of carboxylic acids is 1. The molecule has 4 atom stereocenters.